The molecule has 1 saturated carbocycles. The molecule has 1 atom stereocenters. The van der Waals surface area contributed by atoms with Gasteiger partial charge in [0.2, 0.25) is 5.91 Å². The Kier molecular flexibility index (Phi) is 7.18. The molecule has 0 radical (unpaired) electrons. The van der Waals surface area contributed by atoms with Gasteiger partial charge in [0.05, 0.1) is 5.92 Å². The molecule has 1 aliphatic heterocycles. The summed E-state index contributed by atoms with van der Waals surface area (Å²) in [4.78, 5) is 15.1. The van der Waals surface area contributed by atoms with E-state index in [1.807, 2.05) is 18.2 Å². The van der Waals surface area contributed by atoms with Gasteiger partial charge in [0.25, 0.3) is 0 Å². The zero-order chi connectivity index (χ0) is 17.5. The second kappa shape index (κ2) is 9.59. The van der Waals surface area contributed by atoms with Gasteiger partial charge in [-0.05, 0) is 43.9 Å². The molecule has 1 aromatic carbocycles. The van der Waals surface area contributed by atoms with Crippen molar-refractivity contribution in [2.24, 2.45) is 5.92 Å². The quantitative estimate of drug-likeness (QED) is 0.835. The molecule has 1 N–H and O–H groups in total. The maximum Gasteiger partial charge on any atom is 0.224 e. The first-order valence-electron chi connectivity index (χ1n) is 9.98. The first-order valence-corrected chi connectivity index (χ1v) is 10.4. The molecule has 0 aromatic heterocycles. The average molecular weight is 363 g/mol. The monoisotopic (exact) mass is 362 g/mol. The maximum atomic E-state index is 12.8. The van der Waals surface area contributed by atoms with Crippen LogP contribution < -0.4 is 5.32 Å². The summed E-state index contributed by atoms with van der Waals surface area (Å²) in [5, 5.41) is 4.18. The third kappa shape index (κ3) is 5.72. The number of benzene rings is 1. The van der Waals surface area contributed by atoms with Gasteiger partial charge < -0.3 is 5.32 Å². The van der Waals surface area contributed by atoms with Gasteiger partial charge in [-0.3, -0.25) is 9.69 Å². The van der Waals surface area contributed by atoms with Crippen LogP contribution in [-0.4, -0.2) is 29.9 Å². The summed E-state index contributed by atoms with van der Waals surface area (Å²) >= 11 is 6.29. The summed E-state index contributed by atoms with van der Waals surface area (Å²) in [7, 11) is 0. The fraction of sp³-hybridized carbons (Fsp3) is 0.667. The number of rotatable bonds is 4. The molecule has 1 unspecified atom stereocenters. The molecule has 0 bridgehead atoms. The minimum Gasteiger partial charge on any atom is -0.353 e. The van der Waals surface area contributed by atoms with E-state index in [1.54, 1.807) is 0 Å². The van der Waals surface area contributed by atoms with Gasteiger partial charge in [-0.15, -0.1) is 0 Å². The van der Waals surface area contributed by atoms with E-state index in [9.17, 15) is 4.79 Å². The molecule has 1 heterocycles. The Labute approximate surface area is 157 Å². The number of nitrogens with zero attached hydrogens (tertiary/aromatic N) is 1. The molecule has 2 fully saturated rings. The van der Waals surface area contributed by atoms with Crippen LogP contribution in [0.15, 0.2) is 24.3 Å². The third-order valence-electron chi connectivity index (χ3n) is 5.68. The van der Waals surface area contributed by atoms with Crippen molar-refractivity contribution in [3.63, 3.8) is 0 Å². The van der Waals surface area contributed by atoms with E-state index in [-0.39, 0.29) is 11.8 Å². The van der Waals surface area contributed by atoms with Crippen molar-refractivity contribution in [1.82, 2.24) is 10.2 Å². The lowest BCUT2D eigenvalue weighted by atomic mass is 9.93. The van der Waals surface area contributed by atoms with Crippen molar-refractivity contribution in [1.29, 1.82) is 0 Å². The van der Waals surface area contributed by atoms with Gasteiger partial charge >= 0.3 is 0 Å². The molecule has 25 heavy (non-hydrogen) atoms. The van der Waals surface area contributed by atoms with E-state index >= 15 is 0 Å². The summed E-state index contributed by atoms with van der Waals surface area (Å²) in [6.45, 7) is 2.75. The largest absolute Gasteiger partial charge is 0.353 e. The van der Waals surface area contributed by atoms with Crippen LogP contribution >= 0.6 is 11.6 Å². The topological polar surface area (TPSA) is 32.3 Å². The van der Waals surface area contributed by atoms with Crippen LogP contribution in [0.1, 0.15) is 63.4 Å². The van der Waals surface area contributed by atoms with Crippen molar-refractivity contribution >= 4 is 17.5 Å². The van der Waals surface area contributed by atoms with Crippen molar-refractivity contribution < 1.29 is 4.79 Å². The lowest BCUT2D eigenvalue weighted by molar-refractivity contribution is -0.127. The van der Waals surface area contributed by atoms with E-state index in [2.05, 4.69) is 16.3 Å². The Morgan fingerprint density at radius 2 is 1.76 bits per heavy atom. The lowest BCUT2D eigenvalue weighted by Crippen LogP contribution is -2.45. The minimum atomic E-state index is 0.127. The summed E-state index contributed by atoms with van der Waals surface area (Å²) in [6.07, 6.45) is 10.9. The predicted octanol–water partition coefficient (Wildman–Crippen LogP) is 4.78. The number of piperidine rings is 1. The third-order valence-corrected chi connectivity index (χ3v) is 6.05. The SMILES string of the molecule is O=C(NC1CCCCCCC1)C1CCCN(Cc2ccccc2Cl)C1. The fourth-order valence-electron chi connectivity index (χ4n) is 4.20. The lowest BCUT2D eigenvalue weighted by Gasteiger charge is -2.33. The number of likely N-dealkylation sites (tertiary alicyclic amines) is 1. The smallest absolute Gasteiger partial charge is 0.224 e. The number of hydrogen-bond donors (Lipinski definition) is 1. The number of hydrogen-bond acceptors (Lipinski definition) is 2. The molecule has 1 amide bonds. The number of halogens is 1. The van der Waals surface area contributed by atoms with Gasteiger partial charge in [0.1, 0.15) is 0 Å². The highest BCUT2D eigenvalue weighted by Gasteiger charge is 2.27. The van der Waals surface area contributed by atoms with Gasteiger partial charge in [-0.1, -0.05) is 61.9 Å². The highest BCUT2D eigenvalue weighted by atomic mass is 35.5. The van der Waals surface area contributed by atoms with Crippen LogP contribution in [0.2, 0.25) is 5.02 Å². The fourth-order valence-corrected chi connectivity index (χ4v) is 4.40. The molecular weight excluding hydrogens is 332 g/mol. The van der Waals surface area contributed by atoms with Crippen LogP contribution in [0.25, 0.3) is 0 Å². The summed E-state index contributed by atoms with van der Waals surface area (Å²) < 4.78 is 0. The normalized spacial score (nSPS) is 23.6. The molecule has 3 rings (SSSR count). The number of amides is 1. The second-order valence-electron chi connectivity index (χ2n) is 7.72. The van der Waals surface area contributed by atoms with Crippen LogP contribution in [0.4, 0.5) is 0 Å². The van der Waals surface area contributed by atoms with Gasteiger partial charge in [0.15, 0.2) is 0 Å². The Hall–Kier alpha value is -1.06. The maximum absolute atomic E-state index is 12.8. The molecule has 1 aromatic rings. The first kappa shape index (κ1) is 18.7. The Morgan fingerprint density at radius 3 is 2.52 bits per heavy atom. The molecule has 1 saturated heterocycles. The predicted molar refractivity (Wildman–Crippen MR) is 104 cm³/mol. The number of carbonyl (C=O) groups excluding carboxylic acids is 1. The molecule has 1 aliphatic carbocycles. The molecule has 4 heteroatoms. The van der Waals surface area contributed by atoms with E-state index in [0.29, 0.717) is 6.04 Å². The summed E-state index contributed by atoms with van der Waals surface area (Å²) in [6, 6.07) is 8.42. The highest BCUT2D eigenvalue weighted by Crippen LogP contribution is 2.23. The van der Waals surface area contributed by atoms with E-state index < -0.39 is 0 Å². The van der Waals surface area contributed by atoms with Gasteiger partial charge in [-0.2, -0.15) is 0 Å². The van der Waals surface area contributed by atoms with Gasteiger partial charge in [0, 0.05) is 24.2 Å². The van der Waals surface area contributed by atoms with Crippen molar-refractivity contribution in [2.75, 3.05) is 13.1 Å². The molecular formula is C21H31ClN2O. The Bertz CT molecular complexity index is 555. The van der Waals surface area contributed by atoms with Crippen molar-refractivity contribution in [2.45, 2.75) is 70.4 Å². The molecule has 2 aliphatic rings. The summed E-state index contributed by atoms with van der Waals surface area (Å²) in [5.74, 6) is 0.399. The van der Waals surface area contributed by atoms with Crippen LogP contribution in [0, 0.1) is 5.92 Å². The van der Waals surface area contributed by atoms with Crippen LogP contribution in [-0.2, 0) is 11.3 Å². The summed E-state index contributed by atoms with van der Waals surface area (Å²) in [5.41, 5.74) is 1.16. The number of nitrogens with one attached hydrogen (secondary N) is 1. The minimum absolute atomic E-state index is 0.127. The van der Waals surface area contributed by atoms with E-state index in [1.165, 1.54) is 32.1 Å². The Balaban J connectivity index is 1.51. The zero-order valence-electron chi connectivity index (χ0n) is 15.2. The van der Waals surface area contributed by atoms with E-state index in [0.717, 1.165) is 55.9 Å². The van der Waals surface area contributed by atoms with Gasteiger partial charge in [-0.25, -0.2) is 0 Å². The molecule has 3 nitrogen and oxygen atoms in total. The Morgan fingerprint density at radius 1 is 1.04 bits per heavy atom. The molecule has 0 spiro atoms. The van der Waals surface area contributed by atoms with Crippen molar-refractivity contribution in [3.8, 4) is 0 Å². The zero-order valence-corrected chi connectivity index (χ0v) is 15.9. The van der Waals surface area contributed by atoms with Crippen LogP contribution in [0.5, 0.6) is 0 Å². The van der Waals surface area contributed by atoms with Crippen LogP contribution in [0.3, 0.4) is 0 Å². The number of carbonyl (C=O) groups is 1. The second-order valence-corrected chi connectivity index (χ2v) is 8.12. The van der Waals surface area contributed by atoms with Crippen molar-refractivity contribution in [3.05, 3.63) is 34.9 Å². The highest BCUT2D eigenvalue weighted by molar-refractivity contribution is 6.31. The average Bonchev–Trinajstić information content (AvgIpc) is 2.59. The first-order chi connectivity index (χ1) is 12.2. The molecule has 138 valence electrons. The van der Waals surface area contributed by atoms with E-state index in [4.69, 9.17) is 11.6 Å². The standard InChI is InChI=1S/C21H31ClN2O/c22-20-13-7-6-9-17(20)15-24-14-8-10-18(16-24)21(25)23-19-11-4-2-1-3-5-12-19/h6-7,9,13,18-19H,1-5,8,10-12,14-16H2,(H,23,25).